The Kier molecular flexibility index (Phi) is 4.00. The number of carboxylic acids is 1. The van der Waals surface area contributed by atoms with Crippen molar-refractivity contribution in [1.82, 2.24) is 0 Å². The molecule has 0 unspecified atom stereocenters. The Morgan fingerprint density at radius 3 is 2.28 bits per heavy atom. The monoisotopic (exact) mass is 260 g/mol. The Hall–Kier alpha value is -1.80. The summed E-state index contributed by atoms with van der Waals surface area (Å²) in [5.74, 6) is -1.04. The molecule has 0 amide bonds. The smallest absolute Gasteiger partial charge is 0.304 e. The Morgan fingerprint density at radius 1 is 1.06 bits per heavy atom. The second kappa shape index (κ2) is 5.69. The zero-order chi connectivity index (χ0) is 13.0. The molecule has 2 aromatic rings. The standard InChI is InChI=1S/C15H13ClO2/c16-14-9-5-4-8-12(14)13(10-15(17)18)11-6-2-1-3-7-11/h1-9,13H,10H2,(H,17,18)/t13-/m0/s1. The van der Waals surface area contributed by atoms with E-state index in [0.29, 0.717) is 5.02 Å². The van der Waals surface area contributed by atoms with E-state index in [9.17, 15) is 4.79 Å². The molecule has 0 aliphatic heterocycles. The highest BCUT2D eigenvalue weighted by Gasteiger charge is 2.19. The summed E-state index contributed by atoms with van der Waals surface area (Å²) in [6, 6.07) is 17.0. The van der Waals surface area contributed by atoms with Gasteiger partial charge in [-0.2, -0.15) is 0 Å². The number of aliphatic carboxylic acids is 1. The second-order valence-electron chi connectivity index (χ2n) is 4.08. The molecular weight excluding hydrogens is 248 g/mol. The Morgan fingerprint density at radius 2 is 1.67 bits per heavy atom. The van der Waals surface area contributed by atoms with Gasteiger partial charge in [-0.05, 0) is 17.2 Å². The van der Waals surface area contributed by atoms with Gasteiger partial charge in [-0.15, -0.1) is 0 Å². The average molecular weight is 261 g/mol. The maximum absolute atomic E-state index is 11.0. The first kappa shape index (κ1) is 12.7. The Labute approximate surface area is 111 Å². The Balaban J connectivity index is 2.44. The summed E-state index contributed by atoms with van der Waals surface area (Å²) in [7, 11) is 0. The number of benzene rings is 2. The van der Waals surface area contributed by atoms with Crippen molar-refractivity contribution >= 4 is 17.6 Å². The third kappa shape index (κ3) is 2.90. The zero-order valence-electron chi connectivity index (χ0n) is 9.71. The molecule has 1 N–H and O–H groups in total. The van der Waals surface area contributed by atoms with Gasteiger partial charge in [0, 0.05) is 10.9 Å². The topological polar surface area (TPSA) is 37.3 Å². The van der Waals surface area contributed by atoms with Gasteiger partial charge in [0.05, 0.1) is 6.42 Å². The number of hydrogen-bond acceptors (Lipinski definition) is 1. The lowest BCUT2D eigenvalue weighted by Gasteiger charge is -2.17. The van der Waals surface area contributed by atoms with E-state index in [1.165, 1.54) is 0 Å². The summed E-state index contributed by atoms with van der Waals surface area (Å²) in [6.45, 7) is 0. The fourth-order valence-electron chi connectivity index (χ4n) is 2.03. The van der Waals surface area contributed by atoms with Gasteiger partial charge < -0.3 is 5.11 Å². The van der Waals surface area contributed by atoms with E-state index >= 15 is 0 Å². The summed E-state index contributed by atoms with van der Waals surface area (Å²) < 4.78 is 0. The molecule has 92 valence electrons. The lowest BCUT2D eigenvalue weighted by atomic mass is 9.88. The van der Waals surface area contributed by atoms with Crippen molar-refractivity contribution in [3.05, 3.63) is 70.7 Å². The molecule has 18 heavy (non-hydrogen) atoms. The van der Waals surface area contributed by atoms with Gasteiger partial charge in [-0.25, -0.2) is 0 Å². The van der Waals surface area contributed by atoms with Gasteiger partial charge in [0.15, 0.2) is 0 Å². The molecule has 2 rings (SSSR count). The average Bonchev–Trinajstić information content (AvgIpc) is 2.38. The first-order chi connectivity index (χ1) is 8.68. The van der Waals surface area contributed by atoms with Gasteiger partial charge in [0.2, 0.25) is 0 Å². The molecule has 0 fully saturated rings. The van der Waals surface area contributed by atoms with Crippen LogP contribution in [-0.4, -0.2) is 11.1 Å². The fourth-order valence-corrected chi connectivity index (χ4v) is 2.29. The van der Waals surface area contributed by atoms with Crippen molar-refractivity contribution in [2.24, 2.45) is 0 Å². The van der Waals surface area contributed by atoms with Gasteiger partial charge in [-0.3, -0.25) is 4.79 Å². The largest absolute Gasteiger partial charge is 0.481 e. The normalized spacial score (nSPS) is 12.1. The maximum Gasteiger partial charge on any atom is 0.304 e. The van der Waals surface area contributed by atoms with Crippen LogP contribution in [0, 0.1) is 0 Å². The lowest BCUT2D eigenvalue weighted by Crippen LogP contribution is -2.08. The molecule has 0 bridgehead atoms. The van der Waals surface area contributed by atoms with Gasteiger partial charge in [0.25, 0.3) is 0 Å². The highest BCUT2D eigenvalue weighted by atomic mass is 35.5. The second-order valence-corrected chi connectivity index (χ2v) is 4.49. The van der Waals surface area contributed by atoms with Crippen molar-refractivity contribution < 1.29 is 9.90 Å². The minimum Gasteiger partial charge on any atom is -0.481 e. The van der Waals surface area contributed by atoms with Crippen LogP contribution in [-0.2, 0) is 4.79 Å². The highest BCUT2D eigenvalue weighted by Crippen LogP contribution is 2.32. The predicted octanol–water partition coefficient (Wildman–Crippen LogP) is 3.95. The van der Waals surface area contributed by atoms with Crippen LogP contribution in [0.3, 0.4) is 0 Å². The lowest BCUT2D eigenvalue weighted by molar-refractivity contribution is -0.137. The molecule has 0 spiro atoms. The van der Waals surface area contributed by atoms with Crippen LogP contribution in [0.1, 0.15) is 23.5 Å². The number of carbonyl (C=O) groups is 1. The molecule has 2 aromatic carbocycles. The van der Waals surface area contributed by atoms with Crippen LogP contribution in [0.25, 0.3) is 0 Å². The Bertz CT molecular complexity index is 537. The summed E-state index contributed by atoms with van der Waals surface area (Å²) in [6.07, 6.45) is 0.0355. The van der Waals surface area contributed by atoms with Crippen LogP contribution in [0.15, 0.2) is 54.6 Å². The van der Waals surface area contributed by atoms with Crippen LogP contribution in [0.5, 0.6) is 0 Å². The summed E-state index contributed by atoms with van der Waals surface area (Å²) >= 11 is 6.16. The molecule has 0 radical (unpaired) electrons. The quantitative estimate of drug-likeness (QED) is 0.904. The number of rotatable bonds is 4. The first-order valence-corrected chi connectivity index (χ1v) is 6.07. The molecule has 3 heteroatoms. The highest BCUT2D eigenvalue weighted by molar-refractivity contribution is 6.31. The molecule has 0 saturated heterocycles. The van der Waals surface area contributed by atoms with E-state index in [0.717, 1.165) is 11.1 Å². The SMILES string of the molecule is O=C(O)C[C@@H](c1ccccc1)c1ccccc1Cl. The zero-order valence-corrected chi connectivity index (χ0v) is 10.5. The van der Waals surface area contributed by atoms with E-state index in [2.05, 4.69) is 0 Å². The van der Waals surface area contributed by atoms with E-state index < -0.39 is 5.97 Å². The minimum absolute atomic E-state index is 0.0355. The third-order valence-electron chi connectivity index (χ3n) is 2.86. The summed E-state index contributed by atoms with van der Waals surface area (Å²) in [4.78, 5) is 11.0. The van der Waals surface area contributed by atoms with Gasteiger partial charge in [0.1, 0.15) is 0 Å². The van der Waals surface area contributed by atoms with E-state index in [1.54, 1.807) is 6.07 Å². The maximum atomic E-state index is 11.0. The molecule has 0 aliphatic rings. The molecular formula is C15H13ClO2. The third-order valence-corrected chi connectivity index (χ3v) is 3.21. The van der Waals surface area contributed by atoms with Crippen molar-refractivity contribution in [2.75, 3.05) is 0 Å². The molecule has 0 aliphatic carbocycles. The van der Waals surface area contributed by atoms with Crippen molar-refractivity contribution in [1.29, 1.82) is 0 Å². The minimum atomic E-state index is -0.830. The first-order valence-electron chi connectivity index (χ1n) is 5.69. The summed E-state index contributed by atoms with van der Waals surface area (Å²) in [5, 5.41) is 9.66. The van der Waals surface area contributed by atoms with Crippen LogP contribution < -0.4 is 0 Å². The van der Waals surface area contributed by atoms with Crippen molar-refractivity contribution in [2.45, 2.75) is 12.3 Å². The molecule has 0 saturated carbocycles. The molecule has 0 heterocycles. The van der Waals surface area contributed by atoms with Crippen LogP contribution in [0.2, 0.25) is 5.02 Å². The van der Waals surface area contributed by atoms with Crippen molar-refractivity contribution in [3.8, 4) is 0 Å². The van der Waals surface area contributed by atoms with Gasteiger partial charge in [-0.1, -0.05) is 60.1 Å². The molecule has 2 nitrogen and oxygen atoms in total. The fraction of sp³-hybridized carbons (Fsp3) is 0.133. The number of carboxylic acid groups (broad SMARTS) is 1. The number of halogens is 1. The predicted molar refractivity (Wildman–Crippen MR) is 72.0 cm³/mol. The van der Waals surface area contributed by atoms with E-state index in [-0.39, 0.29) is 12.3 Å². The summed E-state index contributed by atoms with van der Waals surface area (Å²) in [5.41, 5.74) is 1.82. The van der Waals surface area contributed by atoms with Crippen molar-refractivity contribution in [3.63, 3.8) is 0 Å². The van der Waals surface area contributed by atoms with Crippen LogP contribution >= 0.6 is 11.6 Å². The molecule has 1 atom stereocenters. The van der Waals surface area contributed by atoms with Gasteiger partial charge >= 0.3 is 5.97 Å². The van der Waals surface area contributed by atoms with E-state index in [4.69, 9.17) is 16.7 Å². The van der Waals surface area contributed by atoms with Crippen LogP contribution in [0.4, 0.5) is 0 Å². The van der Waals surface area contributed by atoms with E-state index in [1.807, 2.05) is 48.5 Å². The molecule has 0 aromatic heterocycles. The number of hydrogen-bond donors (Lipinski definition) is 1.